The summed E-state index contributed by atoms with van der Waals surface area (Å²) in [5.41, 5.74) is 5.15. The van der Waals surface area contributed by atoms with Crippen LogP contribution in [0.4, 0.5) is 10.1 Å². The van der Waals surface area contributed by atoms with Gasteiger partial charge in [-0.1, -0.05) is 11.8 Å². The molecule has 0 bridgehead atoms. The van der Waals surface area contributed by atoms with E-state index in [9.17, 15) is 9.18 Å². The lowest BCUT2D eigenvalue weighted by Crippen LogP contribution is -2.05. The van der Waals surface area contributed by atoms with Gasteiger partial charge in [-0.25, -0.2) is 9.18 Å². The molecule has 1 rings (SSSR count). The number of carboxylic acid groups (broad SMARTS) is 1. The topological polar surface area (TPSA) is 87.1 Å². The number of carboxylic acids is 1. The highest BCUT2D eigenvalue weighted by molar-refractivity contribution is 5.95. The van der Waals surface area contributed by atoms with Crippen molar-refractivity contribution in [3.8, 4) is 17.9 Å². The van der Waals surface area contributed by atoms with Crippen molar-refractivity contribution >= 4 is 11.7 Å². The molecule has 0 amide bonds. The molecule has 0 aliphatic heterocycles. The molecule has 0 aliphatic carbocycles. The Labute approximate surface area is 91.1 Å². The van der Waals surface area contributed by atoms with Gasteiger partial charge in [0, 0.05) is 0 Å². The molecule has 0 saturated carbocycles. The summed E-state index contributed by atoms with van der Waals surface area (Å²) in [6.45, 7) is 0. The monoisotopic (exact) mass is 218 g/mol. The Morgan fingerprint density at radius 2 is 2.25 bits per heavy atom. The van der Waals surface area contributed by atoms with Crippen LogP contribution in [0.1, 0.15) is 22.3 Å². The Kier molecular flexibility index (Phi) is 3.47. The first-order valence-electron chi connectivity index (χ1n) is 4.24. The highest BCUT2D eigenvalue weighted by Crippen LogP contribution is 2.19. The van der Waals surface area contributed by atoms with Crippen LogP contribution in [-0.2, 0) is 0 Å². The minimum atomic E-state index is -1.32. The SMILES string of the molecule is N#CCC#Cc1cc(F)cc(C(=O)O)c1N. The molecule has 0 spiro atoms. The van der Waals surface area contributed by atoms with E-state index in [4.69, 9.17) is 16.1 Å². The van der Waals surface area contributed by atoms with Crippen LogP contribution in [0.25, 0.3) is 0 Å². The van der Waals surface area contributed by atoms with Gasteiger partial charge in [0.2, 0.25) is 0 Å². The molecule has 3 N–H and O–H groups in total. The van der Waals surface area contributed by atoms with Crippen LogP contribution >= 0.6 is 0 Å². The van der Waals surface area contributed by atoms with Crippen LogP contribution in [0, 0.1) is 29.0 Å². The quantitative estimate of drug-likeness (QED) is 0.550. The van der Waals surface area contributed by atoms with Crippen molar-refractivity contribution in [2.45, 2.75) is 6.42 Å². The Bertz CT molecular complexity index is 535. The van der Waals surface area contributed by atoms with Gasteiger partial charge in [0.25, 0.3) is 0 Å². The van der Waals surface area contributed by atoms with Gasteiger partial charge >= 0.3 is 5.97 Å². The molecule has 0 aliphatic rings. The van der Waals surface area contributed by atoms with E-state index in [2.05, 4.69) is 11.8 Å². The van der Waals surface area contributed by atoms with Crippen LogP contribution in [0.3, 0.4) is 0 Å². The van der Waals surface area contributed by atoms with Gasteiger partial charge in [0.1, 0.15) is 5.82 Å². The molecule has 1 aromatic carbocycles. The van der Waals surface area contributed by atoms with Crippen LogP contribution < -0.4 is 5.73 Å². The summed E-state index contributed by atoms with van der Waals surface area (Å²) in [6, 6.07) is 3.65. The number of anilines is 1. The van der Waals surface area contributed by atoms with E-state index in [1.165, 1.54) is 0 Å². The average molecular weight is 218 g/mol. The van der Waals surface area contributed by atoms with Crippen LogP contribution in [0.5, 0.6) is 0 Å². The zero-order chi connectivity index (χ0) is 12.1. The van der Waals surface area contributed by atoms with Crippen LogP contribution in [-0.4, -0.2) is 11.1 Å². The van der Waals surface area contributed by atoms with Gasteiger partial charge in [0.15, 0.2) is 0 Å². The Hall–Kier alpha value is -2.53. The maximum Gasteiger partial charge on any atom is 0.337 e. The fourth-order valence-electron chi connectivity index (χ4n) is 1.08. The van der Waals surface area contributed by atoms with Crippen LogP contribution in [0.15, 0.2) is 12.1 Å². The molecule has 0 unspecified atom stereocenters. The third kappa shape index (κ3) is 2.49. The molecule has 0 atom stereocenters. The van der Waals surface area contributed by atoms with E-state index in [1.807, 2.05) is 0 Å². The molecular formula is C11H7FN2O2. The van der Waals surface area contributed by atoms with Gasteiger partial charge in [0.05, 0.1) is 29.3 Å². The number of benzene rings is 1. The summed E-state index contributed by atoms with van der Waals surface area (Å²) in [6.07, 6.45) is -0.0294. The van der Waals surface area contributed by atoms with Crippen molar-refractivity contribution in [2.75, 3.05) is 5.73 Å². The summed E-state index contributed by atoms with van der Waals surface area (Å²) < 4.78 is 13.0. The van der Waals surface area contributed by atoms with E-state index in [0.717, 1.165) is 12.1 Å². The van der Waals surface area contributed by atoms with E-state index >= 15 is 0 Å². The van der Waals surface area contributed by atoms with Gasteiger partial charge in [-0.15, -0.1) is 0 Å². The normalized spacial score (nSPS) is 8.75. The molecule has 80 valence electrons. The largest absolute Gasteiger partial charge is 0.478 e. The second kappa shape index (κ2) is 4.81. The number of nitriles is 1. The van der Waals surface area contributed by atoms with Gasteiger partial charge in [-0.05, 0) is 12.1 Å². The van der Waals surface area contributed by atoms with E-state index in [0.29, 0.717) is 0 Å². The Balaban J connectivity index is 3.27. The molecule has 1 aromatic rings. The highest BCUT2D eigenvalue weighted by atomic mass is 19.1. The molecule has 16 heavy (non-hydrogen) atoms. The van der Waals surface area contributed by atoms with E-state index in [-0.39, 0.29) is 23.2 Å². The first kappa shape index (κ1) is 11.5. The van der Waals surface area contributed by atoms with Gasteiger partial charge < -0.3 is 10.8 Å². The number of hydrogen-bond acceptors (Lipinski definition) is 3. The van der Waals surface area contributed by atoms with Crippen molar-refractivity contribution in [3.05, 3.63) is 29.1 Å². The lowest BCUT2D eigenvalue weighted by atomic mass is 10.1. The third-order valence-corrected chi connectivity index (χ3v) is 1.77. The summed E-state index contributed by atoms with van der Waals surface area (Å²) in [4.78, 5) is 10.7. The lowest BCUT2D eigenvalue weighted by Gasteiger charge is -2.03. The van der Waals surface area contributed by atoms with Crippen molar-refractivity contribution in [2.24, 2.45) is 0 Å². The van der Waals surface area contributed by atoms with Crippen LogP contribution in [0.2, 0.25) is 0 Å². The second-order valence-electron chi connectivity index (χ2n) is 2.86. The molecular weight excluding hydrogens is 211 g/mol. The van der Waals surface area contributed by atoms with Gasteiger partial charge in [-0.2, -0.15) is 5.26 Å². The first-order valence-corrected chi connectivity index (χ1v) is 4.24. The maximum absolute atomic E-state index is 13.0. The molecule has 4 nitrogen and oxygen atoms in total. The number of nitrogens with zero attached hydrogens (tertiary/aromatic N) is 1. The molecule has 5 heteroatoms. The van der Waals surface area contributed by atoms with E-state index in [1.54, 1.807) is 6.07 Å². The summed E-state index contributed by atoms with van der Waals surface area (Å²) >= 11 is 0. The third-order valence-electron chi connectivity index (χ3n) is 1.77. The van der Waals surface area contributed by atoms with Crippen molar-refractivity contribution in [1.29, 1.82) is 5.26 Å². The number of rotatable bonds is 1. The smallest absolute Gasteiger partial charge is 0.337 e. The zero-order valence-electron chi connectivity index (χ0n) is 8.12. The predicted molar refractivity (Wildman–Crippen MR) is 54.9 cm³/mol. The summed E-state index contributed by atoms with van der Waals surface area (Å²) in [5.74, 6) is 2.84. The molecule has 0 fully saturated rings. The van der Waals surface area contributed by atoms with Crippen molar-refractivity contribution in [3.63, 3.8) is 0 Å². The van der Waals surface area contributed by atoms with Gasteiger partial charge in [-0.3, -0.25) is 0 Å². The number of hydrogen-bond donors (Lipinski definition) is 2. The minimum absolute atomic E-state index is 0.0294. The highest BCUT2D eigenvalue weighted by Gasteiger charge is 2.12. The second-order valence-corrected chi connectivity index (χ2v) is 2.86. The fraction of sp³-hybridized carbons (Fsp3) is 0.0909. The lowest BCUT2D eigenvalue weighted by molar-refractivity contribution is 0.0697. The average Bonchev–Trinajstić information content (AvgIpc) is 2.22. The number of nitrogens with two attached hydrogens (primary N) is 1. The maximum atomic E-state index is 13.0. The zero-order valence-corrected chi connectivity index (χ0v) is 8.12. The van der Waals surface area contributed by atoms with E-state index < -0.39 is 11.8 Å². The predicted octanol–water partition coefficient (Wildman–Crippen LogP) is 1.37. The molecule has 0 radical (unpaired) electrons. The van der Waals surface area contributed by atoms with Crippen molar-refractivity contribution < 1.29 is 14.3 Å². The van der Waals surface area contributed by atoms with Crippen molar-refractivity contribution in [1.82, 2.24) is 0 Å². The summed E-state index contributed by atoms with van der Waals surface area (Å²) in [5, 5.41) is 17.0. The first-order chi connectivity index (χ1) is 7.56. The fourth-order valence-corrected chi connectivity index (χ4v) is 1.08. The number of nitrogen functional groups attached to an aromatic ring is 1. The number of carbonyl (C=O) groups is 1. The molecule has 0 aromatic heterocycles. The minimum Gasteiger partial charge on any atom is -0.478 e. The Morgan fingerprint density at radius 1 is 1.56 bits per heavy atom. The summed E-state index contributed by atoms with van der Waals surface area (Å²) in [7, 11) is 0. The molecule has 0 saturated heterocycles. The standard InChI is InChI=1S/C11H7FN2O2/c12-8-5-7(3-1-2-4-13)10(14)9(6-8)11(15)16/h5-6H,2,14H2,(H,15,16). The Morgan fingerprint density at radius 3 is 2.81 bits per heavy atom. The number of halogens is 1. The molecule has 0 heterocycles. The number of aromatic carboxylic acids is 1.